The van der Waals surface area contributed by atoms with Gasteiger partial charge in [0.1, 0.15) is 5.82 Å². The highest BCUT2D eigenvalue weighted by Gasteiger charge is 2.22. The van der Waals surface area contributed by atoms with Gasteiger partial charge in [-0.2, -0.15) is 5.10 Å². The number of nitrogen functional groups attached to an aromatic ring is 1. The number of rotatable bonds is 3. The SMILES string of the molecule is NC(=NO)c1cccc2c1CC/C2=N\n1cc(-c2ccc(F)cc2)nc1N. The van der Waals surface area contributed by atoms with Gasteiger partial charge in [0.15, 0.2) is 5.84 Å². The highest BCUT2D eigenvalue weighted by Crippen LogP contribution is 2.27. The Kier molecular flexibility index (Phi) is 4.08. The number of fused-ring (bicyclic) bond motifs is 1. The third kappa shape index (κ3) is 3.01. The van der Waals surface area contributed by atoms with Crippen molar-refractivity contribution in [1.82, 2.24) is 9.66 Å². The summed E-state index contributed by atoms with van der Waals surface area (Å²) in [6, 6.07) is 11.6. The number of hydrogen-bond donors (Lipinski definition) is 3. The highest BCUT2D eigenvalue weighted by molar-refractivity contribution is 6.09. The van der Waals surface area contributed by atoms with Crippen LogP contribution < -0.4 is 11.5 Å². The summed E-state index contributed by atoms with van der Waals surface area (Å²) in [6.45, 7) is 0. The van der Waals surface area contributed by atoms with E-state index in [-0.39, 0.29) is 17.6 Å². The monoisotopic (exact) mass is 364 g/mol. The second-order valence-electron chi connectivity index (χ2n) is 6.20. The molecule has 0 radical (unpaired) electrons. The topological polar surface area (TPSA) is 115 Å². The van der Waals surface area contributed by atoms with E-state index in [1.807, 2.05) is 18.2 Å². The lowest BCUT2D eigenvalue weighted by Crippen LogP contribution is -2.15. The van der Waals surface area contributed by atoms with Crippen LogP contribution in [0.1, 0.15) is 23.1 Å². The number of imidazole rings is 1. The predicted molar refractivity (Wildman–Crippen MR) is 101 cm³/mol. The maximum absolute atomic E-state index is 13.1. The van der Waals surface area contributed by atoms with Crippen LogP contribution in [0.15, 0.2) is 58.9 Å². The normalized spacial score (nSPS) is 15.3. The number of hydrogen-bond acceptors (Lipinski definition) is 5. The number of anilines is 1. The first-order valence-corrected chi connectivity index (χ1v) is 8.35. The summed E-state index contributed by atoms with van der Waals surface area (Å²) in [5.74, 6) is 0.00663. The summed E-state index contributed by atoms with van der Waals surface area (Å²) in [7, 11) is 0. The van der Waals surface area contributed by atoms with Gasteiger partial charge in [0, 0.05) is 16.7 Å². The Labute approximate surface area is 154 Å². The van der Waals surface area contributed by atoms with Crippen LogP contribution in [0.2, 0.25) is 0 Å². The number of amidine groups is 1. The Morgan fingerprint density at radius 1 is 1.15 bits per heavy atom. The van der Waals surface area contributed by atoms with Crippen LogP contribution >= 0.6 is 0 Å². The van der Waals surface area contributed by atoms with Crippen LogP contribution in [0.5, 0.6) is 0 Å². The lowest BCUT2D eigenvalue weighted by atomic mass is 10.0. The maximum Gasteiger partial charge on any atom is 0.221 e. The van der Waals surface area contributed by atoms with E-state index in [1.54, 1.807) is 18.3 Å². The molecule has 0 aliphatic heterocycles. The van der Waals surface area contributed by atoms with E-state index in [0.717, 1.165) is 28.8 Å². The summed E-state index contributed by atoms with van der Waals surface area (Å²) in [5, 5.41) is 16.7. The van der Waals surface area contributed by atoms with Crippen molar-refractivity contribution in [2.75, 3.05) is 5.73 Å². The molecular weight excluding hydrogens is 347 g/mol. The second-order valence-corrected chi connectivity index (χ2v) is 6.20. The van der Waals surface area contributed by atoms with Crippen molar-refractivity contribution in [1.29, 1.82) is 0 Å². The Bertz CT molecular complexity index is 1070. The summed E-state index contributed by atoms with van der Waals surface area (Å²) in [5.41, 5.74) is 16.6. The van der Waals surface area contributed by atoms with E-state index in [9.17, 15) is 4.39 Å². The number of halogens is 1. The van der Waals surface area contributed by atoms with Crippen molar-refractivity contribution in [2.45, 2.75) is 12.8 Å². The molecule has 0 spiro atoms. The molecule has 1 aliphatic rings. The number of benzene rings is 2. The van der Waals surface area contributed by atoms with Gasteiger partial charge in [-0.3, -0.25) is 0 Å². The molecule has 0 bridgehead atoms. The first-order valence-electron chi connectivity index (χ1n) is 8.35. The van der Waals surface area contributed by atoms with Crippen molar-refractivity contribution in [3.63, 3.8) is 0 Å². The number of aromatic nitrogens is 2. The molecule has 27 heavy (non-hydrogen) atoms. The fourth-order valence-electron chi connectivity index (χ4n) is 3.26. The van der Waals surface area contributed by atoms with E-state index < -0.39 is 0 Å². The van der Waals surface area contributed by atoms with Crippen LogP contribution in [0, 0.1) is 5.82 Å². The molecular formula is C19H17FN6O. The first-order chi connectivity index (χ1) is 13.1. The smallest absolute Gasteiger partial charge is 0.221 e. The largest absolute Gasteiger partial charge is 0.409 e. The predicted octanol–water partition coefficient (Wildman–Crippen LogP) is 2.56. The van der Waals surface area contributed by atoms with Gasteiger partial charge in [0.2, 0.25) is 5.95 Å². The molecule has 3 aromatic rings. The zero-order valence-corrected chi connectivity index (χ0v) is 14.3. The minimum absolute atomic E-state index is 0.0776. The fraction of sp³-hybridized carbons (Fsp3) is 0.105. The van der Waals surface area contributed by atoms with Crippen LogP contribution in [-0.4, -0.2) is 26.4 Å². The lowest BCUT2D eigenvalue weighted by molar-refractivity contribution is 0.318. The fourth-order valence-corrected chi connectivity index (χ4v) is 3.26. The van der Waals surface area contributed by atoms with E-state index in [2.05, 4.69) is 15.2 Å². The molecule has 0 atom stereocenters. The summed E-state index contributed by atoms with van der Waals surface area (Å²) in [4.78, 5) is 4.31. The number of nitrogens with two attached hydrogens (primary N) is 2. The van der Waals surface area contributed by atoms with Gasteiger partial charge in [-0.25, -0.2) is 14.1 Å². The van der Waals surface area contributed by atoms with E-state index in [0.29, 0.717) is 17.7 Å². The Hall–Kier alpha value is -3.68. The van der Waals surface area contributed by atoms with Crippen LogP contribution in [-0.2, 0) is 6.42 Å². The molecule has 0 fully saturated rings. The minimum Gasteiger partial charge on any atom is -0.409 e. The summed E-state index contributed by atoms with van der Waals surface area (Å²) in [6.07, 6.45) is 3.15. The Morgan fingerprint density at radius 2 is 1.93 bits per heavy atom. The lowest BCUT2D eigenvalue weighted by Gasteiger charge is -2.06. The molecule has 0 saturated carbocycles. The molecule has 5 N–H and O–H groups in total. The van der Waals surface area contributed by atoms with E-state index in [4.69, 9.17) is 16.7 Å². The minimum atomic E-state index is -0.310. The van der Waals surface area contributed by atoms with Gasteiger partial charge in [-0.05, 0) is 42.7 Å². The maximum atomic E-state index is 13.1. The summed E-state index contributed by atoms with van der Waals surface area (Å²) < 4.78 is 14.6. The Balaban J connectivity index is 1.72. The van der Waals surface area contributed by atoms with E-state index >= 15 is 0 Å². The molecule has 136 valence electrons. The number of nitrogens with zero attached hydrogens (tertiary/aromatic N) is 4. The average molecular weight is 364 g/mol. The molecule has 0 amide bonds. The van der Waals surface area contributed by atoms with Gasteiger partial charge in [-0.1, -0.05) is 23.4 Å². The number of oxime groups is 1. The van der Waals surface area contributed by atoms with Gasteiger partial charge in [0.05, 0.1) is 17.6 Å². The van der Waals surface area contributed by atoms with Crippen molar-refractivity contribution in [3.05, 3.63) is 71.2 Å². The van der Waals surface area contributed by atoms with Gasteiger partial charge in [0.25, 0.3) is 0 Å². The van der Waals surface area contributed by atoms with Crippen molar-refractivity contribution >= 4 is 17.5 Å². The molecule has 1 aromatic heterocycles. The molecule has 1 aliphatic carbocycles. The molecule has 2 aromatic carbocycles. The highest BCUT2D eigenvalue weighted by atomic mass is 19.1. The average Bonchev–Trinajstić information content (AvgIpc) is 3.26. The van der Waals surface area contributed by atoms with Crippen LogP contribution in [0.25, 0.3) is 11.3 Å². The van der Waals surface area contributed by atoms with Gasteiger partial charge in [-0.15, -0.1) is 0 Å². The van der Waals surface area contributed by atoms with Crippen LogP contribution in [0.4, 0.5) is 10.3 Å². The molecule has 7 nitrogen and oxygen atoms in total. The molecule has 1 heterocycles. The first kappa shape index (κ1) is 16.8. The van der Waals surface area contributed by atoms with Crippen molar-refractivity contribution < 1.29 is 9.60 Å². The molecule has 8 heteroatoms. The van der Waals surface area contributed by atoms with Gasteiger partial charge < -0.3 is 16.7 Å². The second kappa shape index (κ2) is 6.56. The molecule has 0 saturated heterocycles. The summed E-state index contributed by atoms with van der Waals surface area (Å²) >= 11 is 0. The Morgan fingerprint density at radius 3 is 2.67 bits per heavy atom. The molecule has 0 unspecified atom stereocenters. The molecule has 4 rings (SSSR count). The zero-order chi connectivity index (χ0) is 19.0. The standard InChI is InChI=1S/C19H17FN6O/c20-12-6-4-11(5-7-12)17-10-26(19(22)23-17)24-16-9-8-13-14(16)2-1-3-15(13)18(21)25-27/h1-7,10,27H,8-9H2,(H2,21,25)(H2,22,23)/b24-16+. The van der Waals surface area contributed by atoms with Gasteiger partial charge >= 0.3 is 0 Å². The zero-order valence-electron chi connectivity index (χ0n) is 14.3. The third-order valence-corrected chi connectivity index (χ3v) is 4.57. The third-order valence-electron chi connectivity index (χ3n) is 4.57. The van der Waals surface area contributed by atoms with E-state index in [1.165, 1.54) is 16.8 Å². The van der Waals surface area contributed by atoms with Crippen LogP contribution in [0.3, 0.4) is 0 Å². The van der Waals surface area contributed by atoms with Crippen molar-refractivity contribution in [2.24, 2.45) is 16.0 Å². The quantitative estimate of drug-likeness (QED) is 0.287. The van der Waals surface area contributed by atoms with Crippen molar-refractivity contribution in [3.8, 4) is 11.3 Å².